The van der Waals surface area contributed by atoms with E-state index in [1.54, 1.807) is 30.3 Å². The van der Waals surface area contributed by atoms with E-state index < -0.39 is 34.4 Å². The van der Waals surface area contributed by atoms with Crippen LogP contribution in [0.15, 0.2) is 95.9 Å². The summed E-state index contributed by atoms with van der Waals surface area (Å²) in [5, 5.41) is 3.56. The Kier molecular flexibility index (Phi) is 11.2. The standard InChI is InChI=1S/C32H29Cl4N3O4S/c1-21-11-13-26(14-12-21)44(42,43)39(25-17-23(33)16-24(34)18-25)20-31(40)38(19-27-28(35)9-6-10-29(27)36)30(32(41)37-2)15-22-7-4-3-5-8-22/h3-14,16-18,30H,15,19-20H2,1-2H3,(H,37,41)/t30-/m1/s1. The summed E-state index contributed by atoms with van der Waals surface area (Å²) in [5.41, 5.74) is 2.13. The molecule has 4 aromatic rings. The topological polar surface area (TPSA) is 86.8 Å². The van der Waals surface area contributed by atoms with Crippen molar-refractivity contribution >= 4 is 73.9 Å². The Morgan fingerprint density at radius 2 is 1.41 bits per heavy atom. The average Bonchev–Trinajstić information content (AvgIpc) is 2.98. The van der Waals surface area contributed by atoms with E-state index in [1.807, 2.05) is 37.3 Å². The summed E-state index contributed by atoms with van der Waals surface area (Å²) >= 11 is 25.5. The van der Waals surface area contributed by atoms with Crippen LogP contribution in [0.2, 0.25) is 20.1 Å². The molecule has 7 nitrogen and oxygen atoms in total. The molecule has 1 N–H and O–H groups in total. The van der Waals surface area contributed by atoms with Crippen molar-refractivity contribution in [1.29, 1.82) is 0 Å². The third-order valence-electron chi connectivity index (χ3n) is 6.93. The van der Waals surface area contributed by atoms with Gasteiger partial charge in [0.05, 0.1) is 10.6 Å². The van der Waals surface area contributed by atoms with Crippen molar-refractivity contribution in [3.05, 3.63) is 128 Å². The average molecular weight is 693 g/mol. The van der Waals surface area contributed by atoms with Gasteiger partial charge in [0.25, 0.3) is 10.0 Å². The second kappa shape index (κ2) is 14.7. The van der Waals surface area contributed by atoms with Crippen LogP contribution in [0.3, 0.4) is 0 Å². The Hall–Kier alpha value is -3.27. The molecule has 44 heavy (non-hydrogen) atoms. The first-order chi connectivity index (χ1) is 20.9. The summed E-state index contributed by atoms with van der Waals surface area (Å²) in [6.07, 6.45) is 0.141. The number of likely N-dealkylation sites (N-methyl/N-ethyl adjacent to an activating group) is 1. The zero-order chi connectivity index (χ0) is 32.0. The Bertz CT molecular complexity index is 1710. The first kappa shape index (κ1) is 33.6. The highest BCUT2D eigenvalue weighted by molar-refractivity contribution is 7.92. The molecule has 0 heterocycles. The fourth-order valence-electron chi connectivity index (χ4n) is 4.62. The molecule has 0 aliphatic carbocycles. The molecule has 0 saturated heterocycles. The minimum atomic E-state index is -4.32. The molecule has 4 aromatic carbocycles. The van der Waals surface area contributed by atoms with Crippen LogP contribution >= 0.6 is 46.4 Å². The van der Waals surface area contributed by atoms with Crippen molar-refractivity contribution in [2.24, 2.45) is 0 Å². The van der Waals surface area contributed by atoms with E-state index in [0.717, 1.165) is 15.4 Å². The van der Waals surface area contributed by atoms with Crippen LogP contribution in [0.25, 0.3) is 0 Å². The summed E-state index contributed by atoms with van der Waals surface area (Å²) in [7, 11) is -2.85. The van der Waals surface area contributed by atoms with E-state index in [0.29, 0.717) is 5.56 Å². The highest BCUT2D eigenvalue weighted by Gasteiger charge is 2.35. The zero-order valence-electron chi connectivity index (χ0n) is 23.8. The van der Waals surface area contributed by atoms with Gasteiger partial charge in [-0.3, -0.25) is 13.9 Å². The van der Waals surface area contributed by atoms with Crippen molar-refractivity contribution in [2.45, 2.75) is 30.8 Å². The number of rotatable bonds is 11. The van der Waals surface area contributed by atoms with Gasteiger partial charge in [-0.25, -0.2) is 8.42 Å². The molecule has 0 aliphatic heterocycles. The van der Waals surface area contributed by atoms with Crippen LogP contribution in [-0.4, -0.2) is 44.8 Å². The highest BCUT2D eigenvalue weighted by Crippen LogP contribution is 2.31. The van der Waals surface area contributed by atoms with Gasteiger partial charge in [-0.15, -0.1) is 0 Å². The molecule has 0 aliphatic rings. The van der Waals surface area contributed by atoms with Crippen LogP contribution in [0.1, 0.15) is 16.7 Å². The first-order valence-corrected chi connectivity index (χ1v) is 16.4. The predicted octanol–water partition coefficient (Wildman–Crippen LogP) is 7.19. The predicted molar refractivity (Wildman–Crippen MR) is 177 cm³/mol. The monoisotopic (exact) mass is 691 g/mol. The van der Waals surface area contributed by atoms with E-state index in [-0.39, 0.29) is 43.6 Å². The maximum atomic E-state index is 14.4. The van der Waals surface area contributed by atoms with Gasteiger partial charge in [0.15, 0.2) is 0 Å². The van der Waals surface area contributed by atoms with Crippen LogP contribution in [0, 0.1) is 6.92 Å². The van der Waals surface area contributed by atoms with E-state index >= 15 is 0 Å². The quantitative estimate of drug-likeness (QED) is 0.180. The number of amides is 2. The largest absolute Gasteiger partial charge is 0.357 e. The van der Waals surface area contributed by atoms with E-state index in [1.165, 1.54) is 42.3 Å². The van der Waals surface area contributed by atoms with Gasteiger partial charge in [0.2, 0.25) is 11.8 Å². The molecular formula is C32H29Cl4N3O4S. The molecule has 0 aromatic heterocycles. The lowest BCUT2D eigenvalue weighted by molar-refractivity contribution is -0.139. The van der Waals surface area contributed by atoms with Crippen molar-refractivity contribution < 1.29 is 18.0 Å². The number of sulfonamides is 1. The van der Waals surface area contributed by atoms with Crippen molar-refractivity contribution in [3.8, 4) is 0 Å². The number of anilines is 1. The van der Waals surface area contributed by atoms with Crippen molar-refractivity contribution in [2.75, 3.05) is 17.9 Å². The molecule has 1 atom stereocenters. The van der Waals surface area contributed by atoms with Gasteiger partial charge < -0.3 is 10.2 Å². The van der Waals surface area contributed by atoms with E-state index in [9.17, 15) is 18.0 Å². The summed E-state index contributed by atoms with van der Waals surface area (Å²) in [6, 6.07) is 23.5. The lowest BCUT2D eigenvalue weighted by Crippen LogP contribution is -2.53. The van der Waals surface area contributed by atoms with Gasteiger partial charge in [0, 0.05) is 45.7 Å². The van der Waals surface area contributed by atoms with E-state index in [2.05, 4.69) is 5.32 Å². The molecule has 0 radical (unpaired) electrons. The number of aryl methyl sites for hydroxylation is 1. The minimum absolute atomic E-state index is 0.0418. The third kappa shape index (κ3) is 8.06. The Morgan fingerprint density at radius 1 is 0.818 bits per heavy atom. The molecule has 230 valence electrons. The summed E-state index contributed by atoms with van der Waals surface area (Å²) < 4.78 is 29.1. The SMILES string of the molecule is CNC(=O)[C@@H](Cc1ccccc1)N(Cc1c(Cl)cccc1Cl)C(=O)CN(c1cc(Cl)cc(Cl)c1)S(=O)(=O)c1ccc(C)cc1. The van der Waals surface area contributed by atoms with Crippen LogP contribution < -0.4 is 9.62 Å². The Labute approximate surface area is 277 Å². The molecule has 0 spiro atoms. The molecule has 2 amide bonds. The van der Waals surface area contributed by atoms with Crippen LogP contribution in [-0.2, 0) is 32.6 Å². The fraction of sp³-hybridized carbons (Fsp3) is 0.188. The summed E-state index contributed by atoms with van der Waals surface area (Å²) in [5.74, 6) is -1.14. The van der Waals surface area contributed by atoms with Crippen LogP contribution in [0.5, 0.6) is 0 Å². The Morgan fingerprint density at radius 3 is 1.98 bits per heavy atom. The first-order valence-electron chi connectivity index (χ1n) is 13.4. The zero-order valence-corrected chi connectivity index (χ0v) is 27.6. The Balaban J connectivity index is 1.84. The van der Waals surface area contributed by atoms with E-state index in [4.69, 9.17) is 46.4 Å². The number of nitrogens with one attached hydrogen (secondary N) is 1. The number of benzene rings is 4. The second-order valence-electron chi connectivity index (χ2n) is 9.99. The fourth-order valence-corrected chi connectivity index (χ4v) is 7.05. The number of hydrogen-bond acceptors (Lipinski definition) is 4. The maximum absolute atomic E-state index is 14.4. The smallest absolute Gasteiger partial charge is 0.264 e. The molecular weight excluding hydrogens is 664 g/mol. The molecule has 0 fully saturated rings. The van der Waals surface area contributed by atoms with Gasteiger partial charge >= 0.3 is 0 Å². The highest BCUT2D eigenvalue weighted by atomic mass is 35.5. The third-order valence-corrected chi connectivity index (χ3v) is 9.86. The minimum Gasteiger partial charge on any atom is -0.357 e. The van der Waals surface area contributed by atoms with Gasteiger partial charge in [-0.1, -0.05) is 100 Å². The van der Waals surface area contributed by atoms with Gasteiger partial charge in [0.1, 0.15) is 12.6 Å². The van der Waals surface area contributed by atoms with Crippen molar-refractivity contribution in [3.63, 3.8) is 0 Å². The molecule has 0 bridgehead atoms. The lowest BCUT2D eigenvalue weighted by Gasteiger charge is -2.34. The molecule has 0 saturated carbocycles. The maximum Gasteiger partial charge on any atom is 0.264 e. The number of carbonyl (C=O) groups is 2. The summed E-state index contributed by atoms with van der Waals surface area (Å²) in [6.45, 7) is 0.978. The summed E-state index contributed by atoms with van der Waals surface area (Å²) in [4.78, 5) is 29.0. The normalized spacial score (nSPS) is 12.0. The second-order valence-corrected chi connectivity index (χ2v) is 13.5. The molecule has 0 unspecified atom stereocenters. The number of hydrogen-bond donors (Lipinski definition) is 1. The lowest BCUT2D eigenvalue weighted by atomic mass is 10.0. The number of halogens is 4. The van der Waals surface area contributed by atoms with Gasteiger partial charge in [-0.05, 0) is 55.0 Å². The molecule has 12 heteroatoms. The molecule has 4 rings (SSSR count). The van der Waals surface area contributed by atoms with Crippen molar-refractivity contribution in [1.82, 2.24) is 10.2 Å². The number of nitrogens with zero attached hydrogens (tertiary/aromatic N) is 2. The number of carbonyl (C=O) groups excluding carboxylic acids is 2. The van der Waals surface area contributed by atoms with Crippen LogP contribution in [0.4, 0.5) is 5.69 Å². The van der Waals surface area contributed by atoms with Gasteiger partial charge in [-0.2, -0.15) is 0 Å².